The number of aryl methyl sites for hydroxylation is 1. The zero-order valence-corrected chi connectivity index (χ0v) is 17.2. The molecule has 8 nitrogen and oxygen atoms in total. The smallest absolute Gasteiger partial charge is 0.332 e. The first-order valence-corrected chi connectivity index (χ1v) is 10.3. The van der Waals surface area contributed by atoms with Crippen molar-refractivity contribution in [3.05, 3.63) is 70.0 Å². The number of hydrogen-bond acceptors (Lipinski definition) is 6. The van der Waals surface area contributed by atoms with E-state index in [0.717, 1.165) is 29.7 Å². The topological polar surface area (TPSA) is 114 Å². The summed E-state index contributed by atoms with van der Waals surface area (Å²) < 4.78 is 7.90. The Labute approximate surface area is 177 Å². The van der Waals surface area contributed by atoms with Crippen molar-refractivity contribution in [2.75, 3.05) is 0 Å². The van der Waals surface area contributed by atoms with Crippen LogP contribution in [0.3, 0.4) is 0 Å². The molecule has 0 aliphatic carbocycles. The fourth-order valence-electron chi connectivity index (χ4n) is 2.86. The molecule has 0 unspecified atom stereocenters. The van der Waals surface area contributed by atoms with E-state index in [1.165, 1.54) is 42.7 Å². The summed E-state index contributed by atoms with van der Waals surface area (Å²) in [6.07, 6.45) is 4.57. The molecule has 0 saturated carbocycles. The van der Waals surface area contributed by atoms with Gasteiger partial charge in [-0.2, -0.15) is 0 Å². The largest absolute Gasteiger partial charge is 0.451 e. The van der Waals surface area contributed by atoms with E-state index >= 15 is 0 Å². The number of carbonyl (C=O) groups excluding carboxylic acids is 2. The van der Waals surface area contributed by atoms with Crippen LogP contribution in [0.1, 0.15) is 42.3 Å². The highest BCUT2D eigenvalue weighted by Gasteiger charge is 2.17. The van der Waals surface area contributed by atoms with Gasteiger partial charge in [0.1, 0.15) is 5.58 Å². The van der Waals surface area contributed by atoms with Gasteiger partial charge >= 0.3 is 6.03 Å². The van der Waals surface area contributed by atoms with Gasteiger partial charge in [0.05, 0.1) is 4.92 Å². The number of fused-ring (bicyclic) bond motifs is 1. The van der Waals surface area contributed by atoms with Crippen molar-refractivity contribution in [1.29, 1.82) is 0 Å². The molecule has 0 bridgehead atoms. The number of nitro groups is 1. The molecule has 3 aromatic rings. The molecule has 2 N–H and O–H groups in total. The second kappa shape index (κ2) is 9.93. The van der Waals surface area contributed by atoms with E-state index in [2.05, 4.69) is 17.0 Å². The number of nitrogens with zero attached hydrogens (tertiary/aromatic N) is 1. The minimum Gasteiger partial charge on any atom is -0.451 e. The molecule has 3 amide bonds. The Morgan fingerprint density at radius 2 is 1.87 bits per heavy atom. The van der Waals surface area contributed by atoms with Crippen LogP contribution in [0, 0.1) is 10.1 Å². The van der Waals surface area contributed by atoms with Crippen molar-refractivity contribution in [1.82, 2.24) is 10.0 Å². The minimum absolute atomic E-state index is 0.109. The number of rotatable bonds is 8. The van der Waals surface area contributed by atoms with E-state index in [9.17, 15) is 19.7 Å². The summed E-state index contributed by atoms with van der Waals surface area (Å²) in [6.45, 7) is 2.17. The lowest BCUT2D eigenvalue weighted by Gasteiger charge is -2.06. The third kappa shape index (κ3) is 5.60. The first-order valence-electron chi connectivity index (χ1n) is 9.51. The maximum atomic E-state index is 12.2. The van der Waals surface area contributed by atoms with Crippen LogP contribution in [0.5, 0.6) is 0 Å². The maximum absolute atomic E-state index is 12.2. The lowest BCUT2D eigenvalue weighted by molar-refractivity contribution is -0.384. The standard InChI is InChI=1S/C21H21N3O5S/c1-2-3-4-5-14-6-9-17(10-7-14)30-23-21(26)22-20(25)19-13-15-12-16(24(27)28)8-11-18(15)29-19/h6-13H,2-5H2,1H3,(H2,22,23,25,26). The van der Waals surface area contributed by atoms with Gasteiger partial charge < -0.3 is 4.42 Å². The van der Waals surface area contributed by atoms with Crippen molar-refractivity contribution >= 4 is 40.5 Å². The van der Waals surface area contributed by atoms with Crippen LogP contribution in [0.4, 0.5) is 10.5 Å². The Balaban J connectivity index is 1.52. The first-order chi connectivity index (χ1) is 14.5. The van der Waals surface area contributed by atoms with Crippen molar-refractivity contribution in [2.24, 2.45) is 0 Å². The summed E-state index contributed by atoms with van der Waals surface area (Å²) in [4.78, 5) is 35.4. The van der Waals surface area contributed by atoms with Crippen LogP contribution in [-0.2, 0) is 6.42 Å². The number of nitrogens with one attached hydrogen (secondary N) is 2. The first kappa shape index (κ1) is 21.4. The van der Waals surface area contributed by atoms with Crippen LogP contribution in [-0.4, -0.2) is 16.9 Å². The molecule has 1 heterocycles. The highest BCUT2D eigenvalue weighted by molar-refractivity contribution is 7.98. The van der Waals surface area contributed by atoms with Gasteiger partial charge in [0, 0.05) is 22.4 Å². The van der Waals surface area contributed by atoms with E-state index in [-0.39, 0.29) is 11.4 Å². The molecule has 0 spiro atoms. The monoisotopic (exact) mass is 427 g/mol. The molecular formula is C21H21N3O5S. The summed E-state index contributed by atoms with van der Waals surface area (Å²) in [6, 6.07) is 12.5. The van der Waals surface area contributed by atoms with E-state index in [0.29, 0.717) is 11.0 Å². The van der Waals surface area contributed by atoms with Gasteiger partial charge in [-0.3, -0.25) is 24.9 Å². The van der Waals surface area contributed by atoms with Crippen molar-refractivity contribution in [2.45, 2.75) is 37.5 Å². The lowest BCUT2D eigenvalue weighted by atomic mass is 10.1. The van der Waals surface area contributed by atoms with E-state index in [1.807, 2.05) is 24.3 Å². The Bertz CT molecular complexity index is 1060. The molecule has 0 fully saturated rings. The van der Waals surface area contributed by atoms with Crippen molar-refractivity contribution in [3.63, 3.8) is 0 Å². The number of non-ortho nitro benzene ring substituents is 1. The second-order valence-corrected chi connectivity index (χ2v) is 7.56. The predicted octanol–water partition coefficient (Wildman–Crippen LogP) is 5.22. The van der Waals surface area contributed by atoms with Crippen LogP contribution >= 0.6 is 11.9 Å². The van der Waals surface area contributed by atoms with Gasteiger partial charge in [-0.05, 0) is 54.6 Å². The number of nitro benzene ring substituents is 1. The summed E-state index contributed by atoms with van der Waals surface area (Å²) in [5.74, 6) is -0.847. The van der Waals surface area contributed by atoms with Gasteiger partial charge in [0.15, 0.2) is 5.76 Å². The van der Waals surface area contributed by atoms with Crippen LogP contribution < -0.4 is 10.0 Å². The Morgan fingerprint density at radius 1 is 1.10 bits per heavy atom. The minimum atomic E-state index is -0.738. The molecule has 156 valence electrons. The van der Waals surface area contributed by atoms with Crippen molar-refractivity contribution in [3.8, 4) is 0 Å². The quantitative estimate of drug-likeness (QED) is 0.220. The molecule has 9 heteroatoms. The fourth-order valence-corrected chi connectivity index (χ4v) is 3.39. The van der Waals surface area contributed by atoms with Gasteiger partial charge in [0.2, 0.25) is 0 Å². The zero-order chi connectivity index (χ0) is 21.5. The van der Waals surface area contributed by atoms with Crippen LogP contribution in [0.15, 0.2) is 57.8 Å². The highest BCUT2D eigenvalue weighted by Crippen LogP contribution is 2.24. The van der Waals surface area contributed by atoms with Crippen molar-refractivity contribution < 1.29 is 18.9 Å². The highest BCUT2D eigenvalue weighted by atomic mass is 32.2. The number of hydrogen-bond donors (Lipinski definition) is 2. The van der Waals surface area contributed by atoms with E-state index in [1.54, 1.807) is 0 Å². The summed E-state index contributed by atoms with van der Waals surface area (Å²) in [5.41, 5.74) is 1.46. The van der Waals surface area contributed by atoms with E-state index < -0.39 is 16.9 Å². The maximum Gasteiger partial charge on any atom is 0.332 e. The molecule has 0 atom stereocenters. The normalized spacial score (nSPS) is 10.7. The zero-order valence-electron chi connectivity index (χ0n) is 16.3. The Morgan fingerprint density at radius 3 is 2.57 bits per heavy atom. The molecule has 1 aromatic heterocycles. The van der Waals surface area contributed by atoms with Gasteiger partial charge in [-0.1, -0.05) is 31.9 Å². The van der Waals surface area contributed by atoms with Gasteiger partial charge in [-0.15, -0.1) is 0 Å². The molecule has 0 radical (unpaired) electrons. The summed E-state index contributed by atoms with van der Waals surface area (Å²) in [7, 11) is 0. The molecule has 0 saturated heterocycles. The summed E-state index contributed by atoms with van der Waals surface area (Å²) >= 11 is 1.09. The average Bonchev–Trinajstić information content (AvgIpc) is 3.17. The lowest BCUT2D eigenvalue weighted by Crippen LogP contribution is -2.36. The average molecular weight is 427 g/mol. The number of unbranched alkanes of at least 4 members (excludes halogenated alkanes) is 2. The number of benzene rings is 2. The molecule has 0 aliphatic heterocycles. The third-order valence-electron chi connectivity index (χ3n) is 4.42. The molecule has 2 aromatic carbocycles. The third-order valence-corrected chi connectivity index (χ3v) is 5.21. The molecule has 30 heavy (non-hydrogen) atoms. The fraction of sp³-hybridized carbons (Fsp3) is 0.238. The molecule has 0 aliphatic rings. The van der Waals surface area contributed by atoms with Crippen LogP contribution in [0.2, 0.25) is 0 Å². The Kier molecular flexibility index (Phi) is 7.08. The number of imide groups is 1. The van der Waals surface area contributed by atoms with Gasteiger partial charge in [0.25, 0.3) is 11.6 Å². The Hall–Kier alpha value is -3.33. The SMILES string of the molecule is CCCCCc1ccc(SNC(=O)NC(=O)c2cc3cc([N+](=O)[O-])ccc3o2)cc1. The van der Waals surface area contributed by atoms with E-state index in [4.69, 9.17) is 4.42 Å². The summed E-state index contributed by atoms with van der Waals surface area (Å²) in [5, 5.41) is 13.4. The molecular weight excluding hydrogens is 406 g/mol. The number of carbonyl (C=O) groups is 2. The molecule has 3 rings (SSSR count). The van der Waals surface area contributed by atoms with Gasteiger partial charge in [-0.25, -0.2) is 4.79 Å². The number of urea groups is 1. The van der Waals surface area contributed by atoms with Crippen LogP contribution in [0.25, 0.3) is 11.0 Å². The predicted molar refractivity (Wildman–Crippen MR) is 114 cm³/mol. The number of amides is 3. The second-order valence-electron chi connectivity index (χ2n) is 6.68. The number of furan rings is 1.